The van der Waals surface area contributed by atoms with Gasteiger partial charge in [0.05, 0.1) is 6.54 Å². The summed E-state index contributed by atoms with van der Waals surface area (Å²) in [5.41, 5.74) is -0.582. The second-order valence-corrected chi connectivity index (χ2v) is 5.90. The van der Waals surface area contributed by atoms with E-state index in [0.29, 0.717) is 5.82 Å². The van der Waals surface area contributed by atoms with Crippen molar-refractivity contribution in [3.63, 3.8) is 0 Å². The van der Waals surface area contributed by atoms with Gasteiger partial charge in [-0.15, -0.1) is 11.3 Å². The van der Waals surface area contributed by atoms with Gasteiger partial charge in [-0.05, 0) is 18.4 Å². The summed E-state index contributed by atoms with van der Waals surface area (Å²) < 4.78 is 0.997. The fraction of sp³-hybridized carbons (Fsp3) is 0.143. The molecule has 9 heteroatoms. The van der Waals surface area contributed by atoms with Crippen molar-refractivity contribution in [2.75, 3.05) is 5.32 Å². The van der Waals surface area contributed by atoms with Crippen molar-refractivity contribution in [3.8, 4) is 0 Å². The number of aromatic nitrogens is 4. The summed E-state index contributed by atoms with van der Waals surface area (Å²) in [5, 5.41) is 10.9. The number of amides is 1. The molecule has 0 saturated carbocycles. The van der Waals surface area contributed by atoms with Gasteiger partial charge >= 0.3 is 5.69 Å². The molecule has 3 N–H and O–H groups in total. The summed E-state index contributed by atoms with van der Waals surface area (Å²) >= 11 is 1.43. The third-order valence-electron chi connectivity index (χ3n) is 3.15. The summed E-state index contributed by atoms with van der Waals surface area (Å²) in [7, 11) is 0. The maximum Gasteiger partial charge on any atom is 0.328 e. The number of hydrogen-bond acceptors (Lipinski definition) is 5. The van der Waals surface area contributed by atoms with Gasteiger partial charge in [0.15, 0.2) is 5.82 Å². The van der Waals surface area contributed by atoms with Crippen LogP contribution in [0.1, 0.15) is 20.9 Å². The molecule has 3 heterocycles. The highest BCUT2D eigenvalue weighted by Crippen LogP contribution is 2.09. The van der Waals surface area contributed by atoms with Gasteiger partial charge in [0.25, 0.3) is 11.5 Å². The topological polar surface area (TPSA) is 113 Å². The van der Waals surface area contributed by atoms with Crippen molar-refractivity contribution in [2.24, 2.45) is 0 Å². The molecule has 0 atom stereocenters. The van der Waals surface area contributed by atoms with E-state index in [-0.39, 0.29) is 12.1 Å². The Balaban J connectivity index is 1.92. The molecule has 3 rings (SSSR count). The Morgan fingerprint density at radius 1 is 1.43 bits per heavy atom. The molecular formula is C14H13N5O3S. The largest absolute Gasteiger partial charge is 0.328 e. The minimum atomic E-state index is -0.646. The van der Waals surface area contributed by atoms with Crippen LogP contribution in [0.3, 0.4) is 0 Å². The lowest BCUT2D eigenvalue weighted by atomic mass is 10.3. The van der Waals surface area contributed by atoms with Crippen LogP contribution in [0.2, 0.25) is 0 Å². The highest BCUT2D eigenvalue weighted by molar-refractivity contribution is 7.09. The van der Waals surface area contributed by atoms with E-state index >= 15 is 0 Å². The molecule has 3 aromatic rings. The third kappa shape index (κ3) is 3.14. The van der Waals surface area contributed by atoms with Gasteiger partial charge in [-0.2, -0.15) is 5.10 Å². The van der Waals surface area contributed by atoms with E-state index in [0.717, 1.165) is 21.3 Å². The molecule has 0 saturated heterocycles. The molecular weight excluding hydrogens is 318 g/mol. The highest BCUT2D eigenvalue weighted by Gasteiger charge is 2.16. The molecule has 3 aromatic heterocycles. The van der Waals surface area contributed by atoms with E-state index in [4.69, 9.17) is 0 Å². The molecule has 118 valence electrons. The number of H-pyrrole nitrogens is 2. The first-order chi connectivity index (χ1) is 11.0. The molecule has 0 aliphatic rings. The van der Waals surface area contributed by atoms with Crippen LogP contribution >= 0.6 is 11.3 Å². The van der Waals surface area contributed by atoms with Gasteiger partial charge in [0, 0.05) is 22.8 Å². The summed E-state index contributed by atoms with van der Waals surface area (Å²) in [4.78, 5) is 39.8. The van der Waals surface area contributed by atoms with Crippen LogP contribution in [0.5, 0.6) is 0 Å². The van der Waals surface area contributed by atoms with E-state index < -0.39 is 17.2 Å². The van der Waals surface area contributed by atoms with Crippen LogP contribution in [-0.2, 0) is 6.54 Å². The molecule has 0 fully saturated rings. The molecule has 0 radical (unpaired) electrons. The fourth-order valence-electron chi connectivity index (χ4n) is 2.04. The Morgan fingerprint density at radius 2 is 2.26 bits per heavy atom. The zero-order chi connectivity index (χ0) is 16.4. The normalized spacial score (nSPS) is 10.7. The summed E-state index contributed by atoms with van der Waals surface area (Å²) in [6.45, 7) is 1.91. The molecule has 0 unspecified atom stereocenters. The van der Waals surface area contributed by atoms with Crippen LogP contribution in [0, 0.1) is 6.92 Å². The zero-order valence-corrected chi connectivity index (χ0v) is 12.9. The number of carbonyl (C=O) groups is 1. The van der Waals surface area contributed by atoms with Gasteiger partial charge in [-0.3, -0.25) is 19.3 Å². The van der Waals surface area contributed by atoms with Crippen LogP contribution in [0.25, 0.3) is 0 Å². The van der Waals surface area contributed by atoms with E-state index in [2.05, 4.69) is 20.5 Å². The Labute approximate surface area is 133 Å². The quantitative estimate of drug-likeness (QED) is 0.660. The fourth-order valence-corrected chi connectivity index (χ4v) is 2.73. The number of rotatable bonds is 4. The highest BCUT2D eigenvalue weighted by atomic mass is 32.1. The Kier molecular flexibility index (Phi) is 3.94. The van der Waals surface area contributed by atoms with Crippen molar-refractivity contribution >= 4 is 23.1 Å². The number of thiophene rings is 1. The Morgan fingerprint density at radius 3 is 2.91 bits per heavy atom. The van der Waals surface area contributed by atoms with Gasteiger partial charge in [0.2, 0.25) is 0 Å². The number of hydrogen-bond donors (Lipinski definition) is 3. The molecule has 0 aliphatic heterocycles. The molecule has 0 spiro atoms. The van der Waals surface area contributed by atoms with Crippen molar-refractivity contribution in [1.29, 1.82) is 0 Å². The second kappa shape index (κ2) is 6.05. The molecule has 0 aliphatic carbocycles. The maximum atomic E-state index is 12.4. The SMILES string of the molecule is Cc1cc(NC(=O)c2c[nH]c(=O)n(Cc3cccs3)c2=O)n[nH]1. The number of carbonyl (C=O) groups excluding carboxylic acids is 1. The molecule has 8 nitrogen and oxygen atoms in total. The number of aromatic amines is 2. The number of anilines is 1. The van der Waals surface area contributed by atoms with Crippen LogP contribution < -0.4 is 16.6 Å². The van der Waals surface area contributed by atoms with Gasteiger partial charge in [0.1, 0.15) is 5.56 Å². The average molecular weight is 331 g/mol. The lowest BCUT2D eigenvalue weighted by molar-refractivity contribution is 0.102. The first-order valence-electron chi connectivity index (χ1n) is 6.73. The van der Waals surface area contributed by atoms with Crippen molar-refractivity contribution in [1.82, 2.24) is 19.7 Å². The smallest absolute Gasteiger partial charge is 0.313 e. The Hall–Kier alpha value is -2.94. The summed E-state index contributed by atoms with van der Waals surface area (Å²) in [6, 6.07) is 5.28. The minimum Gasteiger partial charge on any atom is -0.313 e. The molecule has 23 heavy (non-hydrogen) atoms. The van der Waals surface area contributed by atoms with Gasteiger partial charge in [-0.25, -0.2) is 4.79 Å². The lowest BCUT2D eigenvalue weighted by Crippen LogP contribution is -2.39. The van der Waals surface area contributed by atoms with E-state index in [1.807, 2.05) is 17.5 Å². The summed E-state index contributed by atoms with van der Waals surface area (Å²) in [5.74, 6) is -0.319. The summed E-state index contributed by atoms with van der Waals surface area (Å²) in [6.07, 6.45) is 1.12. The van der Waals surface area contributed by atoms with E-state index in [9.17, 15) is 14.4 Å². The second-order valence-electron chi connectivity index (χ2n) is 4.87. The van der Waals surface area contributed by atoms with Crippen molar-refractivity contribution in [3.05, 3.63) is 66.7 Å². The van der Waals surface area contributed by atoms with Crippen molar-refractivity contribution in [2.45, 2.75) is 13.5 Å². The van der Waals surface area contributed by atoms with E-state index in [1.165, 1.54) is 11.3 Å². The molecule has 0 bridgehead atoms. The predicted octanol–water partition coefficient (Wildman–Crippen LogP) is 0.930. The molecule has 1 amide bonds. The monoisotopic (exact) mass is 331 g/mol. The van der Waals surface area contributed by atoms with Crippen LogP contribution in [0.4, 0.5) is 5.82 Å². The van der Waals surface area contributed by atoms with E-state index in [1.54, 1.807) is 13.0 Å². The predicted molar refractivity (Wildman–Crippen MR) is 86.0 cm³/mol. The minimum absolute atomic E-state index is 0.120. The first-order valence-corrected chi connectivity index (χ1v) is 7.61. The van der Waals surface area contributed by atoms with Gasteiger partial charge in [-0.1, -0.05) is 6.07 Å². The maximum absolute atomic E-state index is 12.4. The first kappa shape index (κ1) is 15.0. The zero-order valence-electron chi connectivity index (χ0n) is 12.1. The van der Waals surface area contributed by atoms with Gasteiger partial charge < -0.3 is 10.3 Å². The van der Waals surface area contributed by atoms with Crippen LogP contribution in [0.15, 0.2) is 39.4 Å². The Bertz CT molecular complexity index is 951. The van der Waals surface area contributed by atoms with Crippen LogP contribution in [-0.4, -0.2) is 25.7 Å². The number of aryl methyl sites for hydroxylation is 1. The standard InChI is InChI=1S/C14H13N5O3S/c1-8-5-11(18-17-8)16-12(20)10-6-15-14(22)19(13(10)21)7-9-3-2-4-23-9/h2-6H,7H2,1H3,(H,15,22)(H2,16,17,18,20). The van der Waals surface area contributed by atoms with Crippen molar-refractivity contribution < 1.29 is 4.79 Å². The number of nitrogens with zero attached hydrogens (tertiary/aromatic N) is 2. The molecule has 0 aromatic carbocycles. The average Bonchev–Trinajstić information content (AvgIpc) is 3.15. The number of nitrogens with one attached hydrogen (secondary N) is 3. The lowest BCUT2D eigenvalue weighted by Gasteiger charge is -2.06. The third-order valence-corrected chi connectivity index (χ3v) is 4.01.